The van der Waals surface area contributed by atoms with E-state index < -0.39 is 0 Å². The van der Waals surface area contributed by atoms with E-state index in [1.807, 2.05) is 72.2 Å². The summed E-state index contributed by atoms with van der Waals surface area (Å²) in [5.74, 6) is 1.28. The Labute approximate surface area is 220 Å². The van der Waals surface area contributed by atoms with Gasteiger partial charge >= 0.3 is 0 Å². The maximum absolute atomic E-state index is 12.4. The van der Waals surface area contributed by atoms with E-state index in [-0.39, 0.29) is 11.7 Å². The molecule has 0 fully saturated rings. The van der Waals surface area contributed by atoms with E-state index in [9.17, 15) is 4.79 Å². The van der Waals surface area contributed by atoms with Crippen LogP contribution in [0.4, 0.5) is 0 Å². The van der Waals surface area contributed by atoms with Crippen LogP contribution in [-0.2, 0) is 4.79 Å². The largest absolute Gasteiger partial charge is 0.494 e. The zero-order valence-corrected chi connectivity index (χ0v) is 21.8. The molecule has 1 aromatic heterocycles. The van der Waals surface area contributed by atoms with Crippen molar-refractivity contribution in [2.75, 3.05) is 12.4 Å². The van der Waals surface area contributed by atoms with E-state index in [4.69, 9.17) is 16.3 Å². The van der Waals surface area contributed by atoms with Gasteiger partial charge < -0.3 is 4.74 Å². The molecule has 1 amide bonds. The first-order valence-corrected chi connectivity index (χ1v) is 12.8. The fourth-order valence-corrected chi connectivity index (χ4v) is 4.26. The van der Waals surface area contributed by atoms with E-state index in [2.05, 4.69) is 36.7 Å². The maximum Gasteiger partial charge on any atom is 0.250 e. The van der Waals surface area contributed by atoms with Crippen LogP contribution >= 0.6 is 39.3 Å². The lowest BCUT2D eigenvalue weighted by Crippen LogP contribution is -2.20. The van der Waals surface area contributed by atoms with Crippen molar-refractivity contribution in [1.82, 2.24) is 20.2 Å². The first-order chi connectivity index (χ1) is 17.0. The summed E-state index contributed by atoms with van der Waals surface area (Å²) in [4.78, 5) is 12.4. The molecule has 35 heavy (non-hydrogen) atoms. The van der Waals surface area contributed by atoms with Crippen molar-refractivity contribution in [2.24, 2.45) is 5.10 Å². The number of amides is 1. The molecule has 0 bridgehead atoms. The molecule has 1 N–H and O–H groups in total. The lowest BCUT2D eigenvalue weighted by molar-refractivity contribution is -0.118. The Bertz CT molecular complexity index is 1310. The van der Waals surface area contributed by atoms with E-state index >= 15 is 0 Å². The second kappa shape index (κ2) is 12.0. The molecule has 0 saturated heterocycles. The summed E-state index contributed by atoms with van der Waals surface area (Å²) < 4.78 is 8.44. The number of hydrogen-bond donors (Lipinski definition) is 1. The van der Waals surface area contributed by atoms with Gasteiger partial charge in [0.2, 0.25) is 0 Å². The highest BCUT2D eigenvalue weighted by Crippen LogP contribution is 2.29. The van der Waals surface area contributed by atoms with Gasteiger partial charge in [0.05, 0.1) is 18.6 Å². The van der Waals surface area contributed by atoms with E-state index in [0.29, 0.717) is 22.6 Å². The molecule has 0 radical (unpaired) electrons. The molecule has 0 spiro atoms. The number of carbonyl (C=O) groups is 1. The molecular formula is C25H21BrClN5O2S. The zero-order chi connectivity index (χ0) is 24.6. The Morgan fingerprint density at radius 1 is 1.09 bits per heavy atom. The van der Waals surface area contributed by atoms with Crippen LogP contribution in [-0.4, -0.2) is 39.2 Å². The highest BCUT2D eigenvalue weighted by atomic mass is 79.9. The number of hydrazone groups is 1. The van der Waals surface area contributed by atoms with Gasteiger partial charge in [0.1, 0.15) is 5.75 Å². The number of nitrogens with zero attached hydrogens (tertiary/aromatic N) is 4. The van der Waals surface area contributed by atoms with Gasteiger partial charge in [-0.05, 0) is 73.2 Å². The average molecular weight is 571 g/mol. The van der Waals surface area contributed by atoms with Crippen LogP contribution in [0.1, 0.15) is 12.5 Å². The second-order valence-electron chi connectivity index (χ2n) is 7.21. The van der Waals surface area contributed by atoms with Crippen LogP contribution in [0.2, 0.25) is 5.02 Å². The third-order valence-electron chi connectivity index (χ3n) is 4.75. The van der Waals surface area contributed by atoms with Crippen molar-refractivity contribution in [3.63, 3.8) is 0 Å². The predicted octanol–water partition coefficient (Wildman–Crippen LogP) is 5.99. The minimum absolute atomic E-state index is 0.119. The molecule has 3 aromatic carbocycles. The molecule has 0 unspecified atom stereocenters. The first kappa shape index (κ1) is 25.0. The molecule has 4 rings (SSSR count). The van der Waals surface area contributed by atoms with Gasteiger partial charge in [-0.3, -0.25) is 9.36 Å². The fourth-order valence-electron chi connectivity index (χ4n) is 3.13. The number of nitrogens with one attached hydrogen (secondary N) is 1. The average Bonchev–Trinajstić information content (AvgIpc) is 3.29. The highest BCUT2D eigenvalue weighted by Gasteiger charge is 2.17. The SMILES string of the molecule is CCOc1ccc(-n2c(SCC(=O)NN=Cc3ccc(Br)cc3)nnc2-c2ccc(Cl)cc2)cc1. The monoisotopic (exact) mass is 569 g/mol. The van der Waals surface area contributed by atoms with Crippen LogP contribution in [0.25, 0.3) is 17.1 Å². The Morgan fingerprint density at radius 3 is 2.49 bits per heavy atom. The maximum atomic E-state index is 12.4. The van der Waals surface area contributed by atoms with Crippen LogP contribution in [0.3, 0.4) is 0 Å². The number of carbonyl (C=O) groups excluding carboxylic acids is 1. The summed E-state index contributed by atoms with van der Waals surface area (Å²) in [7, 11) is 0. The van der Waals surface area contributed by atoms with Crippen LogP contribution in [0.5, 0.6) is 5.75 Å². The van der Waals surface area contributed by atoms with Crippen molar-refractivity contribution in [3.05, 3.63) is 87.9 Å². The third-order valence-corrected chi connectivity index (χ3v) is 6.46. The van der Waals surface area contributed by atoms with Gasteiger partial charge in [0, 0.05) is 20.7 Å². The van der Waals surface area contributed by atoms with Gasteiger partial charge in [-0.2, -0.15) is 5.10 Å². The number of halogens is 2. The van der Waals surface area contributed by atoms with Gasteiger partial charge in [0.25, 0.3) is 5.91 Å². The van der Waals surface area contributed by atoms with Gasteiger partial charge in [-0.25, -0.2) is 5.43 Å². The number of thioether (sulfide) groups is 1. The summed E-state index contributed by atoms with van der Waals surface area (Å²) >= 11 is 10.7. The van der Waals surface area contributed by atoms with Crippen molar-refractivity contribution in [1.29, 1.82) is 0 Å². The molecule has 1 heterocycles. The normalized spacial score (nSPS) is 11.1. The van der Waals surface area contributed by atoms with E-state index in [0.717, 1.165) is 27.0 Å². The third kappa shape index (κ3) is 6.72. The van der Waals surface area contributed by atoms with Gasteiger partial charge in [-0.1, -0.05) is 51.4 Å². The number of benzene rings is 3. The Kier molecular flexibility index (Phi) is 8.57. The molecule has 0 saturated carbocycles. The Morgan fingerprint density at radius 2 is 1.80 bits per heavy atom. The standard InChI is InChI=1S/C25H21BrClN5O2S/c1-2-34-22-13-11-21(12-14-22)32-24(18-5-9-20(27)10-6-18)30-31-25(32)35-16-23(33)29-28-15-17-3-7-19(26)8-4-17/h3-15H,2,16H2,1H3,(H,29,33). The molecule has 0 aliphatic rings. The molecule has 0 aliphatic heterocycles. The smallest absolute Gasteiger partial charge is 0.250 e. The minimum Gasteiger partial charge on any atom is -0.494 e. The molecule has 4 aromatic rings. The van der Waals surface area contributed by atoms with E-state index in [1.165, 1.54) is 11.8 Å². The number of hydrogen-bond acceptors (Lipinski definition) is 6. The summed E-state index contributed by atoms with van der Waals surface area (Å²) in [6.07, 6.45) is 1.59. The van der Waals surface area contributed by atoms with Crippen molar-refractivity contribution >= 4 is 51.4 Å². The highest BCUT2D eigenvalue weighted by molar-refractivity contribution is 9.10. The summed E-state index contributed by atoms with van der Waals surface area (Å²) in [5.41, 5.74) is 5.13. The Balaban J connectivity index is 1.52. The van der Waals surface area contributed by atoms with Crippen LogP contribution in [0, 0.1) is 0 Å². The van der Waals surface area contributed by atoms with Gasteiger partial charge in [-0.15, -0.1) is 10.2 Å². The molecular weight excluding hydrogens is 550 g/mol. The first-order valence-electron chi connectivity index (χ1n) is 10.7. The molecule has 0 aliphatic carbocycles. The van der Waals surface area contributed by atoms with E-state index in [1.54, 1.807) is 18.3 Å². The number of ether oxygens (including phenoxy) is 1. The molecule has 0 atom stereocenters. The zero-order valence-electron chi connectivity index (χ0n) is 18.7. The van der Waals surface area contributed by atoms with Crippen LogP contribution < -0.4 is 10.2 Å². The minimum atomic E-state index is -0.252. The summed E-state index contributed by atoms with van der Waals surface area (Å²) in [6, 6.07) is 22.6. The second-order valence-corrected chi connectivity index (χ2v) is 9.50. The number of aromatic nitrogens is 3. The Hall–Kier alpha value is -3.14. The topological polar surface area (TPSA) is 81.4 Å². The molecule has 178 valence electrons. The quantitative estimate of drug-likeness (QED) is 0.152. The van der Waals surface area contributed by atoms with Crippen molar-refractivity contribution < 1.29 is 9.53 Å². The van der Waals surface area contributed by atoms with Crippen molar-refractivity contribution in [2.45, 2.75) is 12.1 Å². The summed E-state index contributed by atoms with van der Waals surface area (Å²) in [5, 5.41) is 14.0. The predicted molar refractivity (Wildman–Crippen MR) is 144 cm³/mol. The molecule has 7 nitrogen and oxygen atoms in total. The lowest BCUT2D eigenvalue weighted by Gasteiger charge is -2.11. The number of rotatable bonds is 9. The lowest BCUT2D eigenvalue weighted by atomic mass is 10.2. The summed E-state index contributed by atoms with van der Waals surface area (Å²) in [6.45, 7) is 2.53. The molecule has 10 heteroatoms. The van der Waals surface area contributed by atoms with Crippen molar-refractivity contribution in [3.8, 4) is 22.8 Å². The van der Waals surface area contributed by atoms with Crippen LogP contribution in [0.15, 0.2) is 87.5 Å². The van der Waals surface area contributed by atoms with Gasteiger partial charge in [0.15, 0.2) is 11.0 Å². The fraction of sp³-hybridized carbons (Fsp3) is 0.120.